The van der Waals surface area contributed by atoms with Gasteiger partial charge < -0.3 is 5.11 Å². The van der Waals surface area contributed by atoms with Gasteiger partial charge in [-0.05, 0) is 0 Å². The predicted molar refractivity (Wildman–Crippen MR) is 47.0 cm³/mol. The molecule has 1 aliphatic rings. The van der Waals surface area contributed by atoms with E-state index in [4.69, 9.17) is 10.9 Å². The number of aliphatic hydroxyl groups is 1. The molecule has 0 heterocycles. The van der Waals surface area contributed by atoms with Gasteiger partial charge in [0.25, 0.3) is 0 Å². The zero-order valence-corrected chi connectivity index (χ0v) is 7.18. The molecule has 68 valence electrons. The summed E-state index contributed by atoms with van der Waals surface area (Å²) in [5.74, 6) is 4.73. The number of hydrogen-bond acceptors (Lipinski definition) is 3. The van der Waals surface area contributed by atoms with E-state index in [-0.39, 0.29) is 6.61 Å². The number of nitrogens with one attached hydrogen (secondary N) is 1. The molecule has 1 saturated carbocycles. The fourth-order valence-corrected chi connectivity index (χ4v) is 1.13. The monoisotopic (exact) mass is 160 g/mol. The van der Waals surface area contributed by atoms with E-state index < -0.39 is 0 Å². The maximum Gasteiger partial charge on any atom is 0.0569 e. The maximum atomic E-state index is 7.92. The SMILES string of the molecule is C1CCCCC1.NNCCO. The van der Waals surface area contributed by atoms with Crippen LogP contribution >= 0.6 is 0 Å². The molecule has 0 aromatic heterocycles. The van der Waals surface area contributed by atoms with Crippen LogP contribution in [0.25, 0.3) is 0 Å². The first-order chi connectivity index (χ1) is 5.41. The molecule has 0 aromatic carbocycles. The number of hydrazine groups is 1. The van der Waals surface area contributed by atoms with Crippen molar-refractivity contribution in [2.45, 2.75) is 38.5 Å². The van der Waals surface area contributed by atoms with Crippen LogP contribution in [0.3, 0.4) is 0 Å². The minimum absolute atomic E-state index is 0.108. The maximum absolute atomic E-state index is 7.92. The van der Waals surface area contributed by atoms with Crippen LogP contribution < -0.4 is 11.3 Å². The molecular formula is C8H20N2O. The Kier molecular flexibility index (Phi) is 9.77. The van der Waals surface area contributed by atoms with Crippen molar-refractivity contribution in [2.24, 2.45) is 5.84 Å². The summed E-state index contributed by atoms with van der Waals surface area (Å²) in [5, 5.41) is 7.92. The first-order valence-corrected chi connectivity index (χ1v) is 4.46. The van der Waals surface area contributed by atoms with Crippen LogP contribution in [-0.4, -0.2) is 18.3 Å². The Balaban J connectivity index is 0.000000187. The van der Waals surface area contributed by atoms with Gasteiger partial charge in [-0.25, -0.2) is 0 Å². The molecule has 0 aromatic rings. The zero-order chi connectivity index (χ0) is 8.36. The van der Waals surface area contributed by atoms with Gasteiger partial charge in [0.2, 0.25) is 0 Å². The minimum atomic E-state index is 0.108. The van der Waals surface area contributed by atoms with Gasteiger partial charge in [-0.3, -0.25) is 11.3 Å². The van der Waals surface area contributed by atoms with Crippen LogP contribution in [0.4, 0.5) is 0 Å². The van der Waals surface area contributed by atoms with Gasteiger partial charge in [0.15, 0.2) is 0 Å². The lowest BCUT2D eigenvalue weighted by Crippen LogP contribution is -2.24. The van der Waals surface area contributed by atoms with E-state index in [9.17, 15) is 0 Å². The molecule has 1 fully saturated rings. The van der Waals surface area contributed by atoms with Gasteiger partial charge in [-0.15, -0.1) is 0 Å². The van der Waals surface area contributed by atoms with Crippen molar-refractivity contribution >= 4 is 0 Å². The fraction of sp³-hybridized carbons (Fsp3) is 1.00. The molecule has 1 aliphatic carbocycles. The van der Waals surface area contributed by atoms with E-state index in [2.05, 4.69) is 5.43 Å². The zero-order valence-electron chi connectivity index (χ0n) is 7.18. The number of nitrogens with two attached hydrogens (primary N) is 1. The third-order valence-electron chi connectivity index (χ3n) is 1.76. The summed E-state index contributed by atoms with van der Waals surface area (Å²) < 4.78 is 0. The largest absolute Gasteiger partial charge is 0.395 e. The number of aliphatic hydroxyl groups excluding tert-OH is 1. The van der Waals surface area contributed by atoms with Gasteiger partial charge in [-0.1, -0.05) is 38.5 Å². The van der Waals surface area contributed by atoms with Gasteiger partial charge in [0, 0.05) is 6.54 Å². The quantitative estimate of drug-likeness (QED) is 0.413. The molecule has 3 nitrogen and oxygen atoms in total. The van der Waals surface area contributed by atoms with Crippen molar-refractivity contribution in [3.05, 3.63) is 0 Å². The topological polar surface area (TPSA) is 58.3 Å². The van der Waals surface area contributed by atoms with Crippen LogP contribution in [0.5, 0.6) is 0 Å². The summed E-state index contributed by atoms with van der Waals surface area (Å²) >= 11 is 0. The number of rotatable bonds is 2. The van der Waals surface area contributed by atoms with Crippen LogP contribution in [0.2, 0.25) is 0 Å². The molecular weight excluding hydrogens is 140 g/mol. The van der Waals surface area contributed by atoms with Crippen molar-refractivity contribution in [3.63, 3.8) is 0 Å². The van der Waals surface area contributed by atoms with Gasteiger partial charge in [0.05, 0.1) is 6.61 Å². The summed E-state index contributed by atoms with van der Waals surface area (Å²) in [5.41, 5.74) is 2.27. The first-order valence-electron chi connectivity index (χ1n) is 4.46. The average molecular weight is 160 g/mol. The highest BCUT2D eigenvalue weighted by Crippen LogP contribution is 2.15. The van der Waals surface area contributed by atoms with Crippen molar-refractivity contribution in [2.75, 3.05) is 13.2 Å². The highest BCUT2D eigenvalue weighted by atomic mass is 16.3. The van der Waals surface area contributed by atoms with E-state index >= 15 is 0 Å². The summed E-state index contributed by atoms with van der Waals surface area (Å²) in [7, 11) is 0. The third-order valence-corrected chi connectivity index (χ3v) is 1.76. The predicted octanol–water partition coefficient (Wildman–Crippen LogP) is 0.783. The number of hydrogen-bond donors (Lipinski definition) is 3. The summed E-state index contributed by atoms with van der Waals surface area (Å²) in [4.78, 5) is 0. The van der Waals surface area contributed by atoms with Crippen molar-refractivity contribution in [1.82, 2.24) is 5.43 Å². The Hall–Kier alpha value is -0.120. The van der Waals surface area contributed by atoms with Gasteiger partial charge in [-0.2, -0.15) is 0 Å². The molecule has 1 rings (SSSR count). The molecule has 11 heavy (non-hydrogen) atoms. The summed E-state index contributed by atoms with van der Waals surface area (Å²) in [6.07, 6.45) is 9.00. The summed E-state index contributed by atoms with van der Waals surface area (Å²) in [6.45, 7) is 0.580. The third kappa shape index (κ3) is 9.88. The molecule has 0 saturated heterocycles. The Morgan fingerprint density at radius 3 is 1.45 bits per heavy atom. The molecule has 0 atom stereocenters. The Morgan fingerprint density at radius 2 is 1.36 bits per heavy atom. The smallest absolute Gasteiger partial charge is 0.0569 e. The lowest BCUT2D eigenvalue weighted by atomic mass is 10.0. The van der Waals surface area contributed by atoms with Crippen LogP contribution in [0.15, 0.2) is 0 Å². The molecule has 0 radical (unpaired) electrons. The van der Waals surface area contributed by atoms with E-state index in [0.717, 1.165) is 0 Å². The molecule has 0 bridgehead atoms. The average Bonchev–Trinajstić information content (AvgIpc) is 2.10. The highest BCUT2D eigenvalue weighted by molar-refractivity contribution is 4.51. The van der Waals surface area contributed by atoms with Gasteiger partial charge in [0.1, 0.15) is 0 Å². The van der Waals surface area contributed by atoms with E-state index in [1.54, 1.807) is 0 Å². The van der Waals surface area contributed by atoms with E-state index in [1.165, 1.54) is 38.5 Å². The lowest BCUT2D eigenvalue weighted by molar-refractivity contribution is 0.293. The Morgan fingerprint density at radius 1 is 1.00 bits per heavy atom. The van der Waals surface area contributed by atoms with E-state index in [1.807, 2.05) is 0 Å². The second-order valence-corrected chi connectivity index (χ2v) is 2.80. The second-order valence-electron chi connectivity index (χ2n) is 2.80. The van der Waals surface area contributed by atoms with Crippen molar-refractivity contribution in [1.29, 1.82) is 0 Å². The van der Waals surface area contributed by atoms with Crippen LogP contribution in [-0.2, 0) is 0 Å². The standard InChI is InChI=1S/C6H12.C2H8N2O/c1-2-4-6-5-3-1;3-4-1-2-5/h1-6H2;4-5H,1-3H2. The second kappa shape index (κ2) is 9.88. The lowest BCUT2D eigenvalue weighted by Gasteiger charge is -2.05. The minimum Gasteiger partial charge on any atom is -0.395 e. The Labute approximate surface area is 68.9 Å². The van der Waals surface area contributed by atoms with Crippen molar-refractivity contribution < 1.29 is 5.11 Å². The molecule has 0 unspecified atom stereocenters. The molecule has 0 spiro atoms. The van der Waals surface area contributed by atoms with E-state index in [0.29, 0.717) is 6.54 Å². The normalized spacial score (nSPS) is 16.9. The molecule has 4 N–H and O–H groups in total. The van der Waals surface area contributed by atoms with Crippen LogP contribution in [0.1, 0.15) is 38.5 Å². The van der Waals surface area contributed by atoms with Crippen molar-refractivity contribution in [3.8, 4) is 0 Å². The first kappa shape index (κ1) is 10.9. The highest BCUT2D eigenvalue weighted by Gasteiger charge is 1.95. The molecule has 3 heteroatoms. The Bertz CT molecular complexity index is 51.6. The van der Waals surface area contributed by atoms with Gasteiger partial charge >= 0.3 is 0 Å². The fourth-order valence-electron chi connectivity index (χ4n) is 1.13. The molecule has 0 amide bonds. The molecule has 0 aliphatic heterocycles. The van der Waals surface area contributed by atoms with Crippen LogP contribution in [0, 0.1) is 0 Å². The summed E-state index contributed by atoms with van der Waals surface area (Å²) in [6, 6.07) is 0.